The number of imidazole rings is 1. The number of carbonyl (C=O) groups excluding carboxylic acids is 1. The lowest BCUT2D eigenvalue weighted by Crippen LogP contribution is -2.47. The highest BCUT2D eigenvalue weighted by molar-refractivity contribution is 5.82. The zero-order valence-corrected chi connectivity index (χ0v) is 20.5. The Morgan fingerprint density at radius 1 is 0.972 bits per heavy atom. The normalized spacial score (nSPS) is 13.8. The number of fused-ring (bicyclic) bond motifs is 1. The van der Waals surface area contributed by atoms with Gasteiger partial charge in [-0.05, 0) is 62.2 Å². The molecule has 1 amide bonds. The summed E-state index contributed by atoms with van der Waals surface area (Å²) in [6.07, 6.45) is 0.491. The number of hydrogen-bond acceptors (Lipinski definition) is 4. The lowest BCUT2D eigenvalue weighted by molar-refractivity contribution is -0.134. The molecule has 6 nitrogen and oxygen atoms in total. The van der Waals surface area contributed by atoms with Gasteiger partial charge in [0.1, 0.15) is 23.2 Å². The van der Waals surface area contributed by atoms with E-state index in [1.54, 1.807) is 17.0 Å². The Kier molecular flexibility index (Phi) is 6.57. The van der Waals surface area contributed by atoms with Gasteiger partial charge < -0.3 is 20.5 Å². The van der Waals surface area contributed by atoms with Crippen molar-refractivity contribution >= 4 is 17.4 Å². The molecule has 36 heavy (non-hydrogen) atoms. The minimum atomic E-state index is -0.615. The number of aryl methyl sites for hydroxylation is 2. The summed E-state index contributed by atoms with van der Waals surface area (Å²) in [5.74, 6) is 1.22. The van der Waals surface area contributed by atoms with Crippen molar-refractivity contribution in [1.82, 2.24) is 14.5 Å². The molecule has 1 aliphatic heterocycles. The quantitative estimate of drug-likeness (QED) is 0.406. The van der Waals surface area contributed by atoms with Gasteiger partial charge in [0, 0.05) is 24.3 Å². The van der Waals surface area contributed by atoms with Gasteiger partial charge in [0.15, 0.2) is 0 Å². The van der Waals surface area contributed by atoms with E-state index in [2.05, 4.69) is 9.88 Å². The van der Waals surface area contributed by atoms with Gasteiger partial charge in [-0.25, -0.2) is 9.37 Å². The molecule has 7 heteroatoms. The second-order valence-electron chi connectivity index (χ2n) is 9.43. The van der Waals surface area contributed by atoms with E-state index in [-0.39, 0.29) is 11.7 Å². The highest BCUT2D eigenvalue weighted by atomic mass is 19.1. The van der Waals surface area contributed by atoms with Gasteiger partial charge in [-0.2, -0.15) is 0 Å². The molecule has 0 radical (unpaired) electrons. The van der Waals surface area contributed by atoms with E-state index in [1.807, 2.05) is 62.4 Å². The number of nitrogens with one attached hydrogen (secondary N) is 1. The molecule has 4 aromatic rings. The van der Waals surface area contributed by atoms with Crippen LogP contribution in [0.15, 0.2) is 72.8 Å². The fourth-order valence-corrected chi connectivity index (χ4v) is 4.53. The number of hydrogen-bond donors (Lipinski definition) is 2. The van der Waals surface area contributed by atoms with Crippen molar-refractivity contribution in [2.45, 2.75) is 39.4 Å². The van der Waals surface area contributed by atoms with Gasteiger partial charge in [0.2, 0.25) is 5.91 Å². The van der Waals surface area contributed by atoms with Crippen molar-refractivity contribution in [1.29, 1.82) is 0 Å². The third-order valence-electron chi connectivity index (χ3n) is 6.61. The largest absolute Gasteiger partial charge is 0.340 e. The molecular formula is C29H30FN5O. The van der Waals surface area contributed by atoms with Crippen LogP contribution in [0.4, 0.5) is 15.9 Å². The first-order valence-electron chi connectivity index (χ1n) is 12.2. The van der Waals surface area contributed by atoms with Crippen LogP contribution in [-0.4, -0.2) is 32.9 Å². The highest BCUT2D eigenvalue weighted by Crippen LogP contribution is 2.33. The molecule has 1 aliphatic rings. The standard InChI is InChI=1S/C29H30FN5O/c1-19-3-7-21(8-4-19)17-25(31)29(36)34-15-16-35-26(18-34)33-27(22-9-11-23(30)12-10-22)28(35)32-24-13-5-20(2)6-14-24/h3-14,25,32H,15-18,31H2,1-2H3/t25-/m0/s1. The molecule has 0 saturated heterocycles. The Labute approximate surface area is 210 Å². The lowest BCUT2D eigenvalue weighted by atomic mass is 10.0. The van der Waals surface area contributed by atoms with E-state index in [4.69, 9.17) is 10.7 Å². The van der Waals surface area contributed by atoms with Gasteiger partial charge >= 0.3 is 0 Å². The third-order valence-corrected chi connectivity index (χ3v) is 6.61. The molecule has 0 spiro atoms. The Morgan fingerprint density at radius 2 is 1.61 bits per heavy atom. The highest BCUT2D eigenvalue weighted by Gasteiger charge is 2.29. The number of amides is 1. The van der Waals surface area contributed by atoms with Crippen molar-refractivity contribution in [2.24, 2.45) is 5.73 Å². The van der Waals surface area contributed by atoms with Crippen molar-refractivity contribution < 1.29 is 9.18 Å². The van der Waals surface area contributed by atoms with E-state index in [9.17, 15) is 9.18 Å². The number of carbonyl (C=O) groups is 1. The molecule has 3 N–H and O–H groups in total. The Balaban J connectivity index is 1.41. The van der Waals surface area contributed by atoms with Crippen molar-refractivity contribution in [3.63, 3.8) is 0 Å². The van der Waals surface area contributed by atoms with Crippen molar-refractivity contribution in [3.8, 4) is 11.3 Å². The van der Waals surface area contributed by atoms with Crippen molar-refractivity contribution in [2.75, 3.05) is 11.9 Å². The fraction of sp³-hybridized carbons (Fsp3) is 0.241. The number of nitrogens with two attached hydrogens (primary N) is 1. The smallest absolute Gasteiger partial charge is 0.240 e. The van der Waals surface area contributed by atoms with E-state index in [0.717, 1.165) is 34.2 Å². The summed E-state index contributed by atoms with van der Waals surface area (Å²) in [6, 6.07) is 21.9. The number of nitrogens with zero attached hydrogens (tertiary/aromatic N) is 3. The number of rotatable bonds is 6. The molecule has 0 unspecified atom stereocenters. The first kappa shape index (κ1) is 23.8. The molecule has 5 rings (SSSR count). The molecule has 2 heterocycles. The number of halogens is 1. The Bertz CT molecular complexity index is 1360. The average Bonchev–Trinajstić information content (AvgIpc) is 3.24. The first-order valence-corrected chi connectivity index (χ1v) is 12.2. The molecule has 0 fully saturated rings. The number of anilines is 2. The topological polar surface area (TPSA) is 76.2 Å². The zero-order chi connectivity index (χ0) is 25.2. The Morgan fingerprint density at radius 3 is 2.28 bits per heavy atom. The molecule has 184 valence electrons. The van der Waals surface area contributed by atoms with Crippen LogP contribution in [0.5, 0.6) is 0 Å². The zero-order valence-electron chi connectivity index (χ0n) is 20.5. The van der Waals surface area contributed by atoms with Crippen LogP contribution in [0, 0.1) is 19.7 Å². The van der Waals surface area contributed by atoms with E-state index in [0.29, 0.717) is 26.1 Å². The predicted octanol–water partition coefficient (Wildman–Crippen LogP) is 4.96. The average molecular weight is 484 g/mol. The molecule has 0 bridgehead atoms. The molecule has 0 aliphatic carbocycles. The SMILES string of the molecule is Cc1ccc(C[C@H](N)C(=O)N2CCn3c(nc(-c4ccc(F)cc4)c3Nc3ccc(C)cc3)C2)cc1. The van der Waals surface area contributed by atoms with Crippen LogP contribution >= 0.6 is 0 Å². The summed E-state index contributed by atoms with van der Waals surface area (Å²) in [5.41, 5.74) is 12.2. The Hall–Kier alpha value is -3.97. The summed E-state index contributed by atoms with van der Waals surface area (Å²) >= 11 is 0. The van der Waals surface area contributed by atoms with Gasteiger partial charge in [0.25, 0.3) is 0 Å². The second kappa shape index (κ2) is 9.95. The minimum Gasteiger partial charge on any atom is -0.340 e. The molecule has 1 aromatic heterocycles. The maximum atomic E-state index is 13.6. The third kappa shape index (κ3) is 5.02. The number of aromatic nitrogens is 2. The first-order chi connectivity index (χ1) is 17.4. The van der Waals surface area contributed by atoms with Crippen LogP contribution < -0.4 is 11.1 Å². The van der Waals surface area contributed by atoms with E-state index in [1.165, 1.54) is 23.3 Å². The van der Waals surface area contributed by atoms with E-state index < -0.39 is 6.04 Å². The number of benzene rings is 3. The van der Waals surface area contributed by atoms with Gasteiger partial charge in [-0.1, -0.05) is 47.5 Å². The molecule has 3 aromatic carbocycles. The summed E-state index contributed by atoms with van der Waals surface area (Å²) in [7, 11) is 0. The molecule has 1 atom stereocenters. The summed E-state index contributed by atoms with van der Waals surface area (Å²) in [4.78, 5) is 19.9. The predicted molar refractivity (Wildman–Crippen MR) is 140 cm³/mol. The second-order valence-corrected chi connectivity index (χ2v) is 9.43. The van der Waals surface area contributed by atoms with Gasteiger partial charge in [0.05, 0.1) is 12.6 Å². The maximum Gasteiger partial charge on any atom is 0.240 e. The minimum absolute atomic E-state index is 0.0822. The monoisotopic (exact) mass is 483 g/mol. The fourth-order valence-electron chi connectivity index (χ4n) is 4.53. The van der Waals surface area contributed by atoms with E-state index >= 15 is 0 Å². The summed E-state index contributed by atoms with van der Waals surface area (Å²) < 4.78 is 15.7. The van der Waals surface area contributed by atoms with Gasteiger partial charge in [-0.3, -0.25) is 4.79 Å². The van der Waals surface area contributed by atoms with Crippen LogP contribution in [-0.2, 0) is 24.3 Å². The van der Waals surface area contributed by atoms with Crippen LogP contribution in [0.3, 0.4) is 0 Å². The van der Waals surface area contributed by atoms with Crippen LogP contribution in [0.2, 0.25) is 0 Å². The van der Waals surface area contributed by atoms with Crippen LogP contribution in [0.25, 0.3) is 11.3 Å². The summed E-state index contributed by atoms with van der Waals surface area (Å²) in [6.45, 7) is 5.57. The molecule has 0 saturated carbocycles. The van der Waals surface area contributed by atoms with Crippen molar-refractivity contribution in [3.05, 3.63) is 101 Å². The molecular weight excluding hydrogens is 453 g/mol. The summed E-state index contributed by atoms with van der Waals surface area (Å²) in [5, 5.41) is 3.50. The van der Waals surface area contributed by atoms with Crippen LogP contribution in [0.1, 0.15) is 22.5 Å². The van der Waals surface area contributed by atoms with Gasteiger partial charge in [-0.15, -0.1) is 0 Å². The maximum absolute atomic E-state index is 13.6. The lowest BCUT2D eigenvalue weighted by Gasteiger charge is -2.30.